The highest BCUT2D eigenvalue weighted by Gasteiger charge is 2.10. The molecule has 0 saturated carbocycles. The number of hydrogen-bond acceptors (Lipinski definition) is 4. The Morgan fingerprint density at radius 2 is 2.06 bits per heavy atom. The lowest BCUT2D eigenvalue weighted by Crippen LogP contribution is -2.01. The first-order valence-corrected chi connectivity index (χ1v) is 5.88. The minimum absolute atomic E-state index is 0.0552. The number of nitro benzene ring substituents is 1. The Balaban J connectivity index is 2.40. The van der Waals surface area contributed by atoms with Crippen LogP contribution < -0.4 is 0 Å². The second kappa shape index (κ2) is 4.87. The van der Waals surface area contributed by atoms with Crippen molar-refractivity contribution in [2.45, 2.75) is 6.92 Å². The van der Waals surface area contributed by atoms with Gasteiger partial charge in [0.1, 0.15) is 10.1 Å². The number of nitrogens with zero attached hydrogens (tertiary/aromatic N) is 3. The lowest BCUT2D eigenvalue weighted by Gasteiger charge is -1.97. The molecule has 0 atom stereocenters. The Morgan fingerprint density at radius 3 is 2.50 bits per heavy atom. The fourth-order valence-corrected chi connectivity index (χ4v) is 1.95. The Hall–Kier alpha value is -1.73. The van der Waals surface area contributed by atoms with Gasteiger partial charge in [0, 0.05) is 23.9 Å². The lowest BCUT2D eigenvalue weighted by molar-refractivity contribution is -0.384. The summed E-state index contributed by atoms with van der Waals surface area (Å²) in [6.45, 7) is 1.82. The van der Waals surface area contributed by atoms with E-state index in [4.69, 9.17) is 12.2 Å². The first-order valence-electron chi connectivity index (χ1n) is 5.03. The van der Waals surface area contributed by atoms with Gasteiger partial charge in [0.2, 0.25) is 0 Å². The minimum atomic E-state index is -0.434. The third kappa shape index (κ3) is 2.41. The third-order valence-corrected chi connectivity index (χ3v) is 2.87. The van der Waals surface area contributed by atoms with Gasteiger partial charge in [-0.3, -0.25) is 14.7 Å². The van der Waals surface area contributed by atoms with Gasteiger partial charge in [-0.2, -0.15) is 0 Å². The Labute approximate surface area is 114 Å². The number of thiol groups is 1. The Kier molecular flexibility index (Phi) is 3.44. The molecule has 2 rings (SSSR count). The van der Waals surface area contributed by atoms with Crippen molar-refractivity contribution in [3.63, 3.8) is 0 Å². The van der Waals surface area contributed by atoms with Crippen molar-refractivity contribution in [1.29, 1.82) is 0 Å². The van der Waals surface area contributed by atoms with Crippen molar-refractivity contribution >= 4 is 34.9 Å². The number of aromatic nitrogens is 2. The number of imidazole rings is 1. The summed E-state index contributed by atoms with van der Waals surface area (Å²) >= 11 is 9.06. The zero-order chi connectivity index (χ0) is 13.3. The zero-order valence-electron chi connectivity index (χ0n) is 9.40. The van der Waals surface area contributed by atoms with Crippen LogP contribution in [0.2, 0.25) is 0 Å². The SMILES string of the molecule is Cc1nc(-c2ccc([N+](=O)[O-])cc2)cn1C(=S)S. The van der Waals surface area contributed by atoms with E-state index >= 15 is 0 Å². The lowest BCUT2D eigenvalue weighted by atomic mass is 10.1. The van der Waals surface area contributed by atoms with E-state index in [1.54, 1.807) is 22.9 Å². The Bertz CT molecular complexity index is 620. The zero-order valence-corrected chi connectivity index (χ0v) is 11.1. The maximum absolute atomic E-state index is 10.6. The summed E-state index contributed by atoms with van der Waals surface area (Å²) in [6.07, 6.45) is 1.76. The molecule has 5 nitrogen and oxygen atoms in total. The van der Waals surface area contributed by atoms with Crippen molar-refractivity contribution in [3.8, 4) is 11.3 Å². The van der Waals surface area contributed by atoms with Crippen LogP contribution in [0, 0.1) is 17.0 Å². The topological polar surface area (TPSA) is 61.0 Å². The second-order valence-electron chi connectivity index (χ2n) is 3.63. The molecule has 0 fully saturated rings. The van der Waals surface area contributed by atoms with E-state index < -0.39 is 4.92 Å². The van der Waals surface area contributed by atoms with E-state index in [2.05, 4.69) is 17.6 Å². The predicted octanol–water partition coefficient (Wildman–Crippen LogP) is 2.83. The van der Waals surface area contributed by atoms with Gasteiger partial charge in [0.05, 0.1) is 10.6 Å². The molecule has 1 aromatic heterocycles. The molecule has 18 heavy (non-hydrogen) atoms. The number of thiocarbonyl (C=S) groups is 1. The summed E-state index contributed by atoms with van der Waals surface area (Å²) in [5, 5.41) is 10.6. The van der Waals surface area contributed by atoms with Crippen molar-refractivity contribution in [2.24, 2.45) is 0 Å². The number of aryl methyl sites for hydroxylation is 1. The first kappa shape index (κ1) is 12.7. The maximum atomic E-state index is 10.6. The molecule has 0 aliphatic heterocycles. The van der Waals surface area contributed by atoms with Crippen molar-refractivity contribution < 1.29 is 4.92 Å². The summed E-state index contributed by atoms with van der Waals surface area (Å²) in [7, 11) is 0. The van der Waals surface area contributed by atoms with Crippen LogP contribution in [0.5, 0.6) is 0 Å². The van der Waals surface area contributed by atoms with Gasteiger partial charge in [0.25, 0.3) is 5.69 Å². The highest BCUT2D eigenvalue weighted by atomic mass is 32.1. The summed E-state index contributed by atoms with van der Waals surface area (Å²) in [5.74, 6) is 0.725. The Morgan fingerprint density at radius 1 is 1.44 bits per heavy atom. The molecule has 0 amide bonds. The normalized spacial score (nSPS) is 10.3. The van der Waals surface area contributed by atoms with E-state index in [1.807, 2.05) is 6.92 Å². The van der Waals surface area contributed by atoms with Gasteiger partial charge in [-0.15, -0.1) is 12.6 Å². The first-order chi connectivity index (χ1) is 8.49. The van der Waals surface area contributed by atoms with Gasteiger partial charge in [-0.05, 0) is 19.1 Å². The van der Waals surface area contributed by atoms with Gasteiger partial charge in [-0.25, -0.2) is 4.98 Å². The van der Waals surface area contributed by atoms with Crippen molar-refractivity contribution in [3.05, 3.63) is 46.4 Å². The average Bonchev–Trinajstić information content (AvgIpc) is 2.71. The van der Waals surface area contributed by atoms with Crippen molar-refractivity contribution in [1.82, 2.24) is 9.55 Å². The summed E-state index contributed by atoms with van der Waals surface area (Å²) in [4.78, 5) is 14.5. The average molecular weight is 279 g/mol. The molecule has 0 radical (unpaired) electrons. The van der Waals surface area contributed by atoms with Crippen LogP contribution in [0.3, 0.4) is 0 Å². The highest BCUT2D eigenvalue weighted by molar-refractivity contribution is 8.11. The maximum Gasteiger partial charge on any atom is 0.269 e. The van der Waals surface area contributed by atoms with E-state index in [-0.39, 0.29) is 5.69 Å². The quantitative estimate of drug-likeness (QED) is 0.397. The largest absolute Gasteiger partial charge is 0.289 e. The standard InChI is InChI=1S/C11H9N3O2S2/c1-7-12-10(6-13(7)11(17)18)8-2-4-9(5-3-8)14(15)16/h2-6H,1H3,(H,17,18). The van der Waals surface area contributed by atoms with Crippen molar-refractivity contribution in [2.75, 3.05) is 0 Å². The molecule has 7 heteroatoms. The number of nitro groups is 1. The van der Waals surface area contributed by atoms with Gasteiger partial charge in [0.15, 0.2) is 0 Å². The molecule has 0 bridgehead atoms. The minimum Gasteiger partial charge on any atom is -0.289 e. The third-order valence-electron chi connectivity index (χ3n) is 2.46. The fraction of sp³-hybridized carbons (Fsp3) is 0.0909. The molecule has 0 spiro atoms. The monoisotopic (exact) mass is 279 g/mol. The van der Waals surface area contributed by atoms with Crippen LogP contribution in [0.1, 0.15) is 5.82 Å². The number of hydrogen-bond donors (Lipinski definition) is 1. The van der Waals surface area contributed by atoms with E-state index in [0.717, 1.165) is 11.4 Å². The van der Waals surface area contributed by atoms with Crippen LogP contribution in [0.25, 0.3) is 11.3 Å². The second-order valence-corrected chi connectivity index (χ2v) is 4.74. The molecule has 0 N–H and O–H groups in total. The van der Waals surface area contributed by atoms with Crippen LogP contribution in [-0.2, 0) is 0 Å². The number of benzene rings is 1. The van der Waals surface area contributed by atoms with Gasteiger partial charge in [-0.1, -0.05) is 12.2 Å². The smallest absolute Gasteiger partial charge is 0.269 e. The van der Waals surface area contributed by atoms with Gasteiger partial charge >= 0.3 is 0 Å². The number of non-ortho nitro benzene ring substituents is 1. The molecule has 0 saturated heterocycles. The molecular weight excluding hydrogens is 270 g/mol. The molecule has 1 heterocycles. The highest BCUT2D eigenvalue weighted by Crippen LogP contribution is 2.22. The molecule has 0 aliphatic carbocycles. The summed E-state index contributed by atoms with van der Waals surface area (Å²) < 4.78 is 2.09. The molecule has 1 aromatic carbocycles. The van der Waals surface area contributed by atoms with Gasteiger partial charge < -0.3 is 0 Å². The van der Waals surface area contributed by atoms with E-state index in [0.29, 0.717) is 10.0 Å². The van der Waals surface area contributed by atoms with E-state index in [1.165, 1.54) is 12.1 Å². The fourth-order valence-electron chi connectivity index (χ4n) is 1.56. The van der Waals surface area contributed by atoms with Crippen LogP contribution >= 0.6 is 24.8 Å². The van der Waals surface area contributed by atoms with Crippen LogP contribution in [0.4, 0.5) is 5.69 Å². The van der Waals surface area contributed by atoms with Crippen LogP contribution in [0.15, 0.2) is 30.5 Å². The summed E-state index contributed by atoms with van der Waals surface area (Å²) in [5.41, 5.74) is 1.56. The molecule has 0 unspecified atom stereocenters. The molecule has 2 aromatic rings. The van der Waals surface area contributed by atoms with E-state index in [9.17, 15) is 10.1 Å². The summed E-state index contributed by atoms with van der Waals surface area (Å²) in [6, 6.07) is 6.21. The van der Waals surface area contributed by atoms with Crippen LogP contribution in [-0.4, -0.2) is 18.8 Å². The molecule has 0 aliphatic rings. The number of rotatable bonds is 2. The predicted molar refractivity (Wildman–Crippen MR) is 76.0 cm³/mol. The molecule has 92 valence electrons. The molecular formula is C11H9N3O2S2.